The minimum absolute atomic E-state index is 0.156. The summed E-state index contributed by atoms with van der Waals surface area (Å²) in [5.41, 5.74) is 1.63. The van der Waals surface area contributed by atoms with E-state index in [1.807, 2.05) is 0 Å². The van der Waals surface area contributed by atoms with E-state index in [9.17, 15) is 14.0 Å². The number of benzene rings is 1. The van der Waals surface area contributed by atoms with Gasteiger partial charge in [0.05, 0.1) is 16.4 Å². The molecule has 0 aliphatic heterocycles. The number of pyridine rings is 1. The molecule has 9 heteroatoms. The molecule has 0 unspecified atom stereocenters. The summed E-state index contributed by atoms with van der Waals surface area (Å²) < 4.78 is 19.7. The van der Waals surface area contributed by atoms with Crippen molar-refractivity contribution in [2.24, 2.45) is 0 Å². The van der Waals surface area contributed by atoms with Crippen LogP contribution in [0.3, 0.4) is 0 Å². The summed E-state index contributed by atoms with van der Waals surface area (Å²) in [7, 11) is 0. The average molecular weight is 430 g/mol. The van der Waals surface area contributed by atoms with Crippen LogP contribution in [0.1, 0.15) is 21.1 Å². The minimum atomic E-state index is -0.563. The fourth-order valence-electron chi connectivity index (χ4n) is 2.71. The van der Waals surface area contributed by atoms with Crippen molar-refractivity contribution in [3.8, 4) is 10.6 Å². The first-order chi connectivity index (χ1) is 13.9. The topological polar surface area (TPSA) is 73.6 Å². The first-order valence-corrected chi connectivity index (χ1v) is 9.68. The average Bonchev–Trinajstić information content (AvgIpc) is 3.09. The molecule has 4 rings (SSSR count). The highest BCUT2D eigenvalue weighted by molar-refractivity contribution is 7.17. The molecule has 0 fully saturated rings. The van der Waals surface area contributed by atoms with Crippen molar-refractivity contribution in [3.63, 3.8) is 0 Å². The van der Waals surface area contributed by atoms with E-state index in [2.05, 4.69) is 9.97 Å². The van der Waals surface area contributed by atoms with Gasteiger partial charge in [0.2, 0.25) is 0 Å². The summed E-state index contributed by atoms with van der Waals surface area (Å²) >= 11 is 7.05. The molecule has 0 atom stereocenters. The maximum absolute atomic E-state index is 13.1. The fourth-order valence-corrected chi connectivity index (χ4v) is 3.83. The van der Waals surface area contributed by atoms with Gasteiger partial charge in [0.25, 0.3) is 5.56 Å². The Labute approximate surface area is 173 Å². The van der Waals surface area contributed by atoms with Gasteiger partial charge in [0.1, 0.15) is 28.0 Å². The summed E-state index contributed by atoms with van der Waals surface area (Å²) in [4.78, 5) is 33.7. The van der Waals surface area contributed by atoms with Gasteiger partial charge in [-0.15, -0.1) is 11.3 Å². The quantitative estimate of drug-likeness (QED) is 0.453. The van der Waals surface area contributed by atoms with Crippen LogP contribution in [0.2, 0.25) is 5.02 Å². The summed E-state index contributed by atoms with van der Waals surface area (Å²) in [5.74, 6) is -0.908. The number of halogens is 2. The molecule has 0 saturated heterocycles. The Morgan fingerprint density at radius 2 is 1.97 bits per heavy atom. The highest BCUT2D eigenvalue weighted by Gasteiger charge is 2.18. The molecular weight excluding hydrogens is 417 g/mol. The number of hydrogen-bond acceptors (Lipinski definition) is 6. The van der Waals surface area contributed by atoms with Gasteiger partial charge in [0.15, 0.2) is 0 Å². The molecule has 0 spiro atoms. The predicted octanol–water partition coefficient (Wildman–Crippen LogP) is 4.28. The van der Waals surface area contributed by atoms with Crippen LogP contribution < -0.4 is 5.56 Å². The smallest absolute Gasteiger partial charge is 0.350 e. The minimum Gasteiger partial charge on any atom is -0.455 e. The maximum Gasteiger partial charge on any atom is 0.350 e. The largest absolute Gasteiger partial charge is 0.455 e. The molecule has 3 aromatic heterocycles. The van der Waals surface area contributed by atoms with Gasteiger partial charge >= 0.3 is 5.97 Å². The van der Waals surface area contributed by atoms with Crippen LogP contribution in [-0.2, 0) is 11.3 Å². The van der Waals surface area contributed by atoms with Crippen molar-refractivity contribution in [2.75, 3.05) is 0 Å². The number of nitrogens with zero attached hydrogens (tertiary/aromatic N) is 3. The number of carbonyl (C=O) groups is 1. The monoisotopic (exact) mass is 429 g/mol. The molecule has 1 aromatic carbocycles. The zero-order valence-corrected chi connectivity index (χ0v) is 16.6. The zero-order valence-electron chi connectivity index (χ0n) is 15.1. The number of aryl methyl sites for hydroxylation is 1. The lowest BCUT2D eigenvalue weighted by atomic mass is 10.2. The molecule has 6 nitrogen and oxygen atoms in total. The Balaban J connectivity index is 1.53. The lowest BCUT2D eigenvalue weighted by molar-refractivity contribution is 0.0472. The number of thiazole rings is 1. The fraction of sp³-hybridized carbons (Fsp3) is 0.100. The van der Waals surface area contributed by atoms with Crippen molar-refractivity contribution in [1.82, 2.24) is 14.4 Å². The SMILES string of the molecule is Cc1nc(-c2ccc(F)cc2)sc1C(=O)OCc1cc(=O)n2cc(Cl)ccc2n1. The lowest BCUT2D eigenvalue weighted by Crippen LogP contribution is -2.16. The van der Waals surface area contributed by atoms with Crippen LogP contribution >= 0.6 is 22.9 Å². The standard InChI is InChI=1S/C20H13ClFN3O3S/c1-11-18(29-19(23-11)12-2-5-14(22)6-3-12)20(27)28-10-15-8-17(26)25-9-13(21)4-7-16(25)24-15/h2-9H,10H2,1H3. The summed E-state index contributed by atoms with van der Waals surface area (Å²) in [6.07, 6.45) is 1.47. The molecule has 29 heavy (non-hydrogen) atoms. The van der Waals surface area contributed by atoms with E-state index in [1.54, 1.807) is 31.2 Å². The van der Waals surface area contributed by atoms with Gasteiger partial charge in [0, 0.05) is 17.8 Å². The summed E-state index contributed by atoms with van der Waals surface area (Å²) in [5, 5.41) is 1.01. The van der Waals surface area contributed by atoms with E-state index in [4.69, 9.17) is 16.3 Å². The van der Waals surface area contributed by atoms with E-state index < -0.39 is 5.97 Å². The Morgan fingerprint density at radius 1 is 1.21 bits per heavy atom. The number of carbonyl (C=O) groups excluding carboxylic acids is 1. The van der Waals surface area contributed by atoms with Gasteiger partial charge in [-0.25, -0.2) is 19.2 Å². The van der Waals surface area contributed by atoms with Crippen molar-refractivity contribution in [2.45, 2.75) is 13.5 Å². The highest BCUT2D eigenvalue weighted by Crippen LogP contribution is 2.28. The number of aromatic nitrogens is 3. The number of hydrogen-bond donors (Lipinski definition) is 0. The van der Waals surface area contributed by atoms with Gasteiger partial charge in [-0.05, 0) is 43.3 Å². The third kappa shape index (κ3) is 4.03. The first-order valence-electron chi connectivity index (χ1n) is 8.49. The van der Waals surface area contributed by atoms with Crippen molar-refractivity contribution in [3.05, 3.63) is 86.1 Å². The Morgan fingerprint density at radius 3 is 2.72 bits per heavy atom. The van der Waals surface area contributed by atoms with Crippen LogP contribution in [0.25, 0.3) is 16.2 Å². The number of fused-ring (bicyclic) bond motifs is 1. The predicted molar refractivity (Wildman–Crippen MR) is 108 cm³/mol. The molecule has 0 aliphatic carbocycles. The molecule has 0 amide bonds. The number of ether oxygens (including phenoxy) is 1. The van der Waals surface area contributed by atoms with E-state index in [-0.39, 0.29) is 18.0 Å². The second-order valence-corrected chi connectivity index (χ2v) is 7.61. The highest BCUT2D eigenvalue weighted by atomic mass is 35.5. The molecule has 0 N–H and O–H groups in total. The van der Waals surface area contributed by atoms with E-state index in [1.165, 1.54) is 28.8 Å². The van der Waals surface area contributed by atoms with E-state index in [0.29, 0.717) is 37.5 Å². The van der Waals surface area contributed by atoms with Crippen LogP contribution in [0.15, 0.2) is 53.5 Å². The second kappa shape index (κ2) is 7.73. The molecule has 0 saturated carbocycles. The zero-order chi connectivity index (χ0) is 20.5. The van der Waals surface area contributed by atoms with Crippen LogP contribution in [0, 0.1) is 12.7 Å². The molecule has 3 heterocycles. The van der Waals surface area contributed by atoms with E-state index >= 15 is 0 Å². The maximum atomic E-state index is 13.1. The lowest BCUT2D eigenvalue weighted by Gasteiger charge is -2.05. The first kappa shape index (κ1) is 19.2. The van der Waals surface area contributed by atoms with Gasteiger partial charge in [-0.3, -0.25) is 9.20 Å². The molecule has 0 radical (unpaired) electrons. The van der Waals surface area contributed by atoms with Crippen molar-refractivity contribution in [1.29, 1.82) is 0 Å². The molecule has 4 aromatic rings. The number of esters is 1. The normalized spacial score (nSPS) is 11.0. The molecular formula is C20H13ClFN3O3S. The van der Waals surface area contributed by atoms with Gasteiger partial charge in [-0.1, -0.05) is 11.6 Å². The Bertz CT molecular complexity index is 1280. The summed E-state index contributed by atoms with van der Waals surface area (Å²) in [6.45, 7) is 1.54. The number of rotatable bonds is 4. The second-order valence-electron chi connectivity index (χ2n) is 6.18. The molecule has 0 bridgehead atoms. The van der Waals surface area contributed by atoms with E-state index in [0.717, 1.165) is 11.3 Å². The van der Waals surface area contributed by atoms with Crippen molar-refractivity contribution >= 4 is 34.6 Å². The molecule has 146 valence electrons. The molecule has 0 aliphatic rings. The Kier molecular flexibility index (Phi) is 5.12. The van der Waals surface area contributed by atoms with Gasteiger partial charge < -0.3 is 4.74 Å². The van der Waals surface area contributed by atoms with Crippen LogP contribution in [-0.4, -0.2) is 20.3 Å². The Hall–Kier alpha value is -3.10. The third-order valence-corrected chi connectivity index (χ3v) is 5.51. The van der Waals surface area contributed by atoms with Crippen molar-refractivity contribution < 1.29 is 13.9 Å². The van der Waals surface area contributed by atoms with Gasteiger partial charge in [-0.2, -0.15) is 0 Å². The van der Waals surface area contributed by atoms with Crippen LogP contribution in [0.4, 0.5) is 4.39 Å². The summed E-state index contributed by atoms with van der Waals surface area (Å²) in [6, 6.07) is 10.4. The van der Waals surface area contributed by atoms with Crippen LogP contribution in [0.5, 0.6) is 0 Å². The third-order valence-electron chi connectivity index (χ3n) is 4.10.